The van der Waals surface area contributed by atoms with Crippen LogP contribution < -0.4 is 0 Å². The summed E-state index contributed by atoms with van der Waals surface area (Å²) >= 11 is 0. The van der Waals surface area contributed by atoms with E-state index < -0.39 is 11.7 Å². The molecule has 0 aromatic carbocycles. The van der Waals surface area contributed by atoms with E-state index >= 15 is 0 Å². The van der Waals surface area contributed by atoms with Gasteiger partial charge < -0.3 is 19.8 Å². The average molecular weight is 362 g/mol. The van der Waals surface area contributed by atoms with Gasteiger partial charge in [-0.15, -0.1) is 0 Å². The minimum atomic E-state index is -0.920. The predicted octanol–water partition coefficient (Wildman–Crippen LogP) is 1.69. The van der Waals surface area contributed by atoms with Crippen molar-refractivity contribution in [2.24, 2.45) is 0 Å². The van der Waals surface area contributed by atoms with Gasteiger partial charge in [0.25, 0.3) is 0 Å². The van der Waals surface area contributed by atoms with Gasteiger partial charge in [0, 0.05) is 11.8 Å². The van der Waals surface area contributed by atoms with Crippen molar-refractivity contribution in [3.05, 3.63) is 64.4 Å². The van der Waals surface area contributed by atoms with Crippen molar-refractivity contribution in [1.82, 2.24) is 4.90 Å². The number of nitrogens with zero attached hydrogens (tertiary/aromatic N) is 4. The van der Waals surface area contributed by atoms with Gasteiger partial charge in [-0.05, 0) is 32.1 Å². The standard InChI is InChI=1S/C20H18N4O3/c1-20(2)18(17(11-23)19(27-20)14(9-21)10-22)7-6-15-5-3-4-8-24(15)12-16(26)13-25/h3-5,7-8,16,25-26H,12-13H2,1-2H3. The first-order valence-corrected chi connectivity index (χ1v) is 8.13. The molecule has 2 aliphatic rings. The summed E-state index contributed by atoms with van der Waals surface area (Å²) in [6.45, 7) is 3.27. The molecule has 7 heteroatoms. The van der Waals surface area contributed by atoms with Crippen molar-refractivity contribution in [3.63, 3.8) is 0 Å². The fraction of sp³-hybridized carbons (Fsp3) is 0.300. The lowest BCUT2D eigenvalue weighted by atomic mass is 9.95. The summed E-state index contributed by atoms with van der Waals surface area (Å²) in [5, 5.41) is 46.4. The van der Waals surface area contributed by atoms with Crippen molar-refractivity contribution < 1.29 is 14.9 Å². The molecule has 1 unspecified atom stereocenters. The number of ether oxygens (including phenoxy) is 1. The lowest BCUT2D eigenvalue weighted by Gasteiger charge is -2.24. The molecule has 0 bridgehead atoms. The Morgan fingerprint density at radius 1 is 1.30 bits per heavy atom. The summed E-state index contributed by atoms with van der Waals surface area (Å²) in [7, 11) is 0. The summed E-state index contributed by atoms with van der Waals surface area (Å²) in [4.78, 5) is 1.71. The van der Waals surface area contributed by atoms with Crippen LogP contribution in [0.1, 0.15) is 13.8 Å². The van der Waals surface area contributed by atoms with Crippen molar-refractivity contribution in [1.29, 1.82) is 15.8 Å². The zero-order valence-electron chi connectivity index (χ0n) is 15.0. The molecular weight excluding hydrogens is 344 g/mol. The van der Waals surface area contributed by atoms with Crippen LogP contribution in [0.15, 0.2) is 64.4 Å². The first-order chi connectivity index (χ1) is 12.9. The molecule has 2 rings (SSSR count). The molecule has 0 radical (unpaired) electrons. The highest BCUT2D eigenvalue weighted by Crippen LogP contribution is 2.40. The van der Waals surface area contributed by atoms with E-state index in [9.17, 15) is 10.4 Å². The Kier molecular flexibility index (Phi) is 6.03. The van der Waals surface area contributed by atoms with Gasteiger partial charge in [-0.1, -0.05) is 11.8 Å². The van der Waals surface area contributed by atoms with Gasteiger partial charge in [-0.2, -0.15) is 15.8 Å². The highest BCUT2D eigenvalue weighted by molar-refractivity contribution is 5.60. The van der Waals surface area contributed by atoms with E-state index in [1.54, 1.807) is 61.4 Å². The molecule has 0 fully saturated rings. The summed E-state index contributed by atoms with van der Waals surface area (Å²) in [5.41, 5.74) is 3.10. The quantitative estimate of drug-likeness (QED) is 0.576. The Morgan fingerprint density at radius 2 is 2.00 bits per heavy atom. The number of nitriles is 3. The van der Waals surface area contributed by atoms with Crippen LogP contribution >= 0.6 is 0 Å². The van der Waals surface area contributed by atoms with Crippen LogP contribution in [0.3, 0.4) is 0 Å². The van der Waals surface area contributed by atoms with Crippen LogP contribution in [0.25, 0.3) is 0 Å². The van der Waals surface area contributed by atoms with Crippen molar-refractivity contribution in [2.75, 3.05) is 13.2 Å². The van der Waals surface area contributed by atoms with E-state index in [0.717, 1.165) is 0 Å². The lowest BCUT2D eigenvalue weighted by Crippen LogP contribution is -2.30. The molecule has 7 nitrogen and oxygen atoms in total. The number of aliphatic hydroxyl groups excluding tert-OH is 2. The van der Waals surface area contributed by atoms with E-state index in [1.807, 2.05) is 6.07 Å². The zero-order chi connectivity index (χ0) is 20.0. The molecule has 0 spiro atoms. The molecule has 136 valence electrons. The van der Waals surface area contributed by atoms with Gasteiger partial charge in [-0.3, -0.25) is 0 Å². The molecule has 0 saturated heterocycles. The Morgan fingerprint density at radius 3 is 2.59 bits per heavy atom. The van der Waals surface area contributed by atoms with E-state index in [2.05, 4.69) is 5.73 Å². The molecule has 0 amide bonds. The summed E-state index contributed by atoms with van der Waals surface area (Å²) < 4.78 is 5.70. The van der Waals surface area contributed by atoms with Gasteiger partial charge in [0.2, 0.25) is 0 Å². The van der Waals surface area contributed by atoms with E-state index in [1.165, 1.54) is 0 Å². The molecule has 0 aromatic heterocycles. The van der Waals surface area contributed by atoms with Gasteiger partial charge >= 0.3 is 0 Å². The van der Waals surface area contributed by atoms with Crippen molar-refractivity contribution in [3.8, 4) is 18.2 Å². The largest absolute Gasteiger partial charge is 0.480 e. The minimum absolute atomic E-state index is 0.0304. The maximum Gasteiger partial charge on any atom is 0.172 e. The number of β-amino-alcohol motifs (C(OH)–C–C–N with tert-alkyl or cyclic N) is 1. The maximum absolute atomic E-state index is 9.68. The fourth-order valence-electron chi connectivity index (χ4n) is 2.64. The Bertz CT molecular complexity index is 923. The van der Waals surface area contributed by atoms with Crippen LogP contribution in [-0.2, 0) is 4.74 Å². The second-order valence-electron chi connectivity index (χ2n) is 6.30. The molecule has 2 heterocycles. The van der Waals surface area contributed by atoms with E-state index in [0.29, 0.717) is 11.3 Å². The molecule has 0 aromatic rings. The van der Waals surface area contributed by atoms with Crippen molar-refractivity contribution >= 4 is 0 Å². The zero-order valence-corrected chi connectivity index (χ0v) is 15.0. The van der Waals surface area contributed by atoms with Gasteiger partial charge in [0.05, 0.1) is 25.0 Å². The first kappa shape index (κ1) is 19.8. The van der Waals surface area contributed by atoms with Gasteiger partial charge in [0.15, 0.2) is 11.3 Å². The molecule has 1 atom stereocenters. The van der Waals surface area contributed by atoms with E-state index in [-0.39, 0.29) is 30.1 Å². The molecular formula is C20H18N4O3. The highest BCUT2D eigenvalue weighted by atomic mass is 16.5. The van der Waals surface area contributed by atoms with Crippen LogP contribution in [0, 0.1) is 34.0 Å². The normalized spacial score (nSPS) is 18.2. The Balaban J connectivity index is 2.55. The molecule has 0 aliphatic carbocycles. The Hall–Kier alpha value is -3.53. The predicted molar refractivity (Wildman–Crippen MR) is 95.7 cm³/mol. The van der Waals surface area contributed by atoms with Crippen LogP contribution in [-0.4, -0.2) is 40.0 Å². The third-order valence-electron chi connectivity index (χ3n) is 3.99. The SMILES string of the molecule is CC1(C)OC(=C(C#N)C#N)C(C#N)=C1C=C=C1C=CC=CN1CC(O)CO. The van der Waals surface area contributed by atoms with Crippen LogP contribution in [0.2, 0.25) is 0 Å². The lowest BCUT2D eigenvalue weighted by molar-refractivity contribution is 0.0787. The smallest absolute Gasteiger partial charge is 0.172 e. The topological polar surface area (TPSA) is 124 Å². The highest BCUT2D eigenvalue weighted by Gasteiger charge is 2.38. The second kappa shape index (κ2) is 8.23. The minimum Gasteiger partial charge on any atom is -0.480 e. The number of rotatable bonds is 4. The van der Waals surface area contributed by atoms with E-state index in [4.69, 9.17) is 20.4 Å². The monoisotopic (exact) mass is 362 g/mol. The maximum atomic E-state index is 9.68. The van der Waals surface area contributed by atoms with Crippen molar-refractivity contribution in [2.45, 2.75) is 25.6 Å². The summed E-state index contributed by atoms with van der Waals surface area (Å²) in [6.07, 6.45) is 7.74. The number of hydrogen-bond acceptors (Lipinski definition) is 7. The fourth-order valence-corrected chi connectivity index (χ4v) is 2.64. The molecule has 27 heavy (non-hydrogen) atoms. The molecule has 2 N–H and O–H groups in total. The summed E-state index contributed by atoms with van der Waals surface area (Å²) in [5.74, 6) is -0.0304. The third-order valence-corrected chi connectivity index (χ3v) is 3.99. The molecule has 0 saturated carbocycles. The first-order valence-electron chi connectivity index (χ1n) is 8.13. The van der Waals surface area contributed by atoms with Gasteiger partial charge in [0.1, 0.15) is 29.4 Å². The van der Waals surface area contributed by atoms with Crippen LogP contribution in [0.5, 0.6) is 0 Å². The van der Waals surface area contributed by atoms with Gasteiger partial charge in [-0.25, -0.2) is 0 Å². The number of hydrogen-bond donors (Lipinski definition) is 2. The summed E-state index contributed by atoms with van der Waals surface area (Å²) in [6, 6.07) is 5.50. The second-order valence-corrected chi connectivity index (χ2v) is 6.30. The third kappa shape index (κ3) is 4.18. The average Bonchev–Trinajstić information content (AvgIpc) is 2.91. The molecule has 2 aliphatic heterocycles. The number of allylic oxidation sites excluding steroid dienone is 4. The van der Waals surface area contributed by atoms with Crippen LogP contribution in [0.4, 0.5) is 0 Å². The Labute approximate surface area is 157 Å². The number of aliphatic hydroxyl groups is 2.